The Kier molecular flexibility index (Phi) is 2.24. The highest BCUT2D eigenvalue weighted by atomic mass is 79.9. The van der Waals surface area contributed by atoms with Crippen molar-refractivity contribution in [1.29, 1.82) is 0 Å². The zero-order valence-electron chi connectivity index (χ0n) is 5.58. The molecule has 57 valence electrons. The van der Waals surface area contributed by atoms with Gasteiger partial charge in [-0.05, 0) is 13.0 Å². The highest BCUT2D eigenvalue weighted by Crippen LogP contribution is 2.21. The van der Waals surface area contributed by atoms with Gasteiger partial charge >= 0.3 is 0 Å². The van der Waals surface area contributed by atoms with Crippen molar-refractivity contribution in [3.05, 3.63) is 45.3 Å². The van der Waals surface area contributed by atoms with Crippen LogP contribution in [0.25, 0.3) is 0 Å². The summed E-state index contributed by atoms with van der Waals surface area (Å²) >= 11 is 3.13. The van der Waals surface area contributed by atoms with Crippen molar-refractivity contribution >= 4 is 21.6 Å². The largest absolute Gasteiger partial charge is 0.273 e. The number of halogens is 1. The molecule has 0 aromatic heterocycles. The molecule has 11 heavy (non-hydrogen) atoms. The van der Waals surface area contributed by atoms with E-state index in [4.69, 9.17) is 0 Å². The van der Waals surface area contributed by atoms with E-state index in [9.17, 15) is 10.1 Å². The minimum atomic E-state index is -0.451. The molecule has 1 radical (unpaired) electrons. The summed E-state index contributed by atoms with van der Waals surface area (Å²) in [5, 5.41) is 10.3. The highest BCUT2D eigenvalue weighted by Gasteiger charge is 2.09. The van der Waals surface area contributed by atoms with Crippen LogP contribution >= 0.6 is 15.9 Å². The van der Waals surface area contributed by atoms with E-state index in [2.05, 4.69) is 22.9 Å². The Morgan fingerprint density at radius 2 is 2.18 bits per heavy atom. The lowest BCUT2D eigenvalue weighted by Gasteiger charge is -1.95. The van der Waals surface area contributed by atoms with Gasteiger partial charge in [-0.25, -0.2) is 0 Å². The molecule has 0 aliphatic rings. The number of nitro groups is 1. The second kappa shape index (κ2) is 3.00. The molecule has 0 aliphatic heterocycles. The Morgan fingerprint density at radius 3 is 2.64 bits per heavy atom. The van der Waals surface area contributed by atoms with Crippen molar-refractivity contribution in [1.82, 2.24) is 0 Å². The Labute approximate surface area is 72.3 Å². The van der Waals surface area contributed by atoms with E-state index in [-0.39, 0.29) is 5.69 Å². The molecule has 4 heteroatoms. The van der Waals surface area contributed by atoms with E-state index in [1.165, 1.54) is 6.07 Å². The number of benzene rings is 1. The molecule has 0 unspecified atom stereocenters. The molecule has 1 aromatic rings. The number of hydrogen-bond acceptors (Lipinski definition) is 2. The molecule has 0 spiro atoms. The van der Waals surface area contributed by atoms with Crippen LogP contribution in [-0.2, 0) is 0 Å². The second-order valence-electron chi connectivity index (χ2n) is 2.03. The first-order valence-electron chi connectivity index (χ1n) is 2.87. The van der Waals surface area contributed by atoms with Crippen LogP contribution in [0.1, 0.15) is 5.56 Å². The summed E-state index contributed by atoms with van der Waals surface area (Å²) < 4.78 is 0.691. The maximum atomic E-state index is 10.3. The van der Waals surface area contributed by atoms with Gasteiger partial charge in [-0.15, -0.1) is 0 Å². The van der Waals surface area contributed by atoms with Crippen molar-refractivity contribution in [2.45, 2.75) is 0 Å². The topological polar surface area (TPSA) is 43.1 Å². The first-order valence-corrected chi connectivity index (χ1v) is 3.66. The Bertz CT molecular complexity index is 298. The van der Waals surface area contributed by atoms with Crippen LogP contribution in [0.2, 0.25) is 0 Å². The lowest BCUT2D eigenvalue weighted by molar-refractivity contribution is -0.385. The normalized spacial score (nSPS) is 9.64. The molecule has 0 saturated carbocycles. The molecule has 0 amide bonds. The van der Waals surface area contributed by atoms with Crippen LogP contribution in [0.3, 0.4) is 0 Å². The van der Waals surface area contributed by atoms with E-state index in [0.29, 0.717) is 10.0 Å². The SMILES string of the molecule is [CH2]c1ccc(Br)cc1[N+](=O)[O-]. The third-order valence-electron chi connectivity index (χ3n) is 1.24. The molecule has 0 bridgehead atoms. The van der Waals surface area contributed by atoms with Gasteiger partial charge in [0.15, 0.2) is 0 Å². The Morgan fingerprint density at radius 1 is 1.55 bits per heavy atom. The smallest absolute Gasteiger partial charge is 0.258 e. The second-order valence-corrected chi connectivity index (χ2v) is 2.95. The maximum absolute atomic E-state index is 10.3. The molecule has 0 aliphatic carbocycles. The fourth-order valence-electron chi connectivity index (χ4n) is 0.707. The van der Waals surface area contributed by atoms with Gasteiger partial charge in [-0.1, -0.05) is 22.0 Å². The van der Waals surface area contributed by atoms with Crippen molar-refractivity contribution in [2.24, 2.45) is 0 Å². The summed E-state index contributed by atoms with van der Waals surface area (Å²) in [5.74, 6) is 0. The lowest BCUT2D eigenvalue weighted by atomic mass is 10.2. The zero-order valence-corrected chi connectivity index (χ0v) is 7.17. The summed E-state index contributed by atoms with van der Waals surface area (Å²) in [4.78, 5) is 9.87. The molecule has 0 fully saturated rings. The molecule has 0 saturated heterocycles. The molecule has 3 nitrogen and oxygen atoms in total. The first-order chi connectivity index (χ1) is 5.11. The quantitative estimate of drug-likeness (QED) is 0.533. The highest BCUT2D eigenvalue weighted by molar-refractivity contribution is 9.10. The van der Waals surface area contributed by atoms with Gasteiger partial charge < -0.3 is 0 Å². The van der Waals surface area contributed by atoms with Gasteiger partial charge in [0.2, 0.25) is 0 Å². The fraction of sp³-hybridized carbons (Fsp3) is 0. The van der Waals surface area contributed by atoms with Crippen LogP contribution in [0, 0.1) is 17.0 Å². The monoisotopic (exact) mass is 214 g/mol. The molecule has 1 rings (SSSR count). The molecule has 0 N–H and O–H groups in total. The van der Waals surface area contributed by atoms with E-state index in [1.807, 2.05) is 0 Å². The van der Waals surface area contributed by atoms with Gasteiger partial charge in [0.25, 0.3) is 5.69 Å². The Hall–Kier alpha value is -0.900. The van der Waals surface area contributed by atoms with Gasteiger partial charge in [0.1, 0.15) is 0 Å². The minimum Gasteiger partial charge on any atom is -0.258 e. The van der Waals surface area contributed by atoms with Gasteiger partial charge in [0, 0.05) is 16.1 Å². The average molecular weight is 215 g/mol. The zero-order chi connectivity index (χ0) is 8.43. The first kappa shape index (κ1) is 8.20. The number of nitrogens with zero attached hydrogens (tertiary/aromatic N) is 1. The van der Waals surface area contributed by atoms with Crippen LogP contribution < -0.4 is 0 Å². The van der Waals surface area contributed by atoms with Crippen molar-refractivity contribution in [3.63, 3.8) is 0 Å². The minimum absolute atomic E-state index is 0.0411. The average Bonchev–Trinajstić information content (AvgIpc) is 1.94. The van der Waals surface area contributed by atoms with E-state index >= 15 is 0 Å². The van der Waals surface area contributed by atoms with Crippen LogP contribution in [0.5, 0.6) is 0 Å². The van der Waals surface area contributed by atoms with E-state index in [1.54, 1.807) is 12.1 Å². The summed E-state index contributed by atoms with van der Waals surface area (Å²) in [5.41, 5.74) is 0.470. The Balaban J connectivity index is 3.23. The number of hydrogen-bond donors (Lipinski definition) is 0. The molecular formula is C7H5BrNO2. The van der Waals surface area contributed by atoms with Crippen molar-refractivity contribution < 1.29 is 4.92 Å². The van der Waals surface area contributed by atoms with E-state index < -0.39 is 4.92 Å². The third kappa shape index (κ3) is 1.77. The van der Waals surface area contributed by atoms with Crippen LogP contribution in [0.4, 0.5) is 5.69 Å². The van der Waals surface area contributed by atoms with Gasteiger partial charge in [0.05, 0.1) is 4.92 Å². The summed E-state index contributed by atoms with van der Waals surface area (Å²) in [7, 11) is 0. The lowest BCUT2D eigenvalue weighted by Crippen LogP contribution is -1.90. The molecule has 0 heterocycles. The third-order valence-corrected chi connectivity index (χ3v) is 1.74. The molecule has 0 atom stereocenters. The summed E-state index contributed by atoms with van der Waals surface area (Å²) in [6.45, 7) is 3.52. The van der Waals surface area contributed by atoms with Crippen LogP contribution in [0.15, 0.2) is 22.7 Å². The van der Waals surface area contributed by atoms with E-state index in [0.717, 1.165) is 0 Å². The summed E-state index contributed by atoms with van der Waals surface area (Å²) in [6, 6.07) is 4.75. The van der Waals surface area contributed by atoms with Crippen LogP contribution in [-0.4, -0.2) is 4.92 Å². The summed E-state index contributed by atoms with van der Waals surface area (Å²) in [6.07, 6.45) is 0. The molecule has 1 aromatic carbocycles. The maximum Gasteiger partial charge on any atom is 0.273 e. The number of nitro benzene ring substituents is 1. The standard InChI is InChI=1S/C7H5BrNO2/c1-5-2-3-6(8)4-7(5)9(10)11/h2-4H,1H2. The predicted octanol–water partition coefficient (Wildman–Crippen LogP) is 2.54. The van der Waals surface area contributed by atoms with Crippen molar-refractivity contribution in [3.8, 4) is 0 Å². The predicted molar refractivity (Wildman–Crippen MR) is 45.3 cm³/mol. The fourth-order valence-corrected chi connectivity index (χ4v) is 1.06. The molecular weight excluding hydrogens is 210 g/mol. The number of rotatable bonds is 1. The van der Waals surface area contributed by atoms with Gasteiger partial charge in [-0.3, -0.25) is 10.1 Å². The van der Waals surface area contributed by atoms with Gasteiger partial charge in [-0.2, -0.15) is 0 Å². The van der Waals surface area contributed by atoms with Crippen molar-refractivity contribution in [2.75, 3.05) is 0 Å².